The number of rotatable bonds is 2. The number of carbonyl (C=O) groups excluding carboxylic acids is 1. The fourth-order valence-electron chi connectivity index (χ4n) is 1.68. The molecule has 16 heavy (non-hydrogen) atoms. The van der Waals surface area contributed by atoms with Crippen molar-refractivity contribution in [3.8, 4) is 0 Å². The van der Waals surface area contributed by atoms with E-state index < -0.39 is 5.60 Å². The van der Waals surface area contributed by atoms with Crippen LogP contribution in [0.15, 0.2) is 0 Å². The maximum Gasteiger partial charge on any atom is 0.407 e. The third kappa shape index (κ3) is 4.61. The predicted molar refractivity (Wildman–Crippen MR) is 67.6 cm³/mol. The minimum Gasteiger partial charge on any atom is -0.444 e. The Kier molecular flexibility index (Phi) is 4.92. The Labute approximate surface area is 102 Å². The molecule has 5 heteroatoms. The number of hydrogen-bond acceptors (Lipinski definition) is 4. The van der Waals surface area contributed by atoms with Crippen molar-refractivity contribution in [2.45, 2.75) is 38.8 Å². The van der Waals surface area contributed by atoms with Crippen molar-refractivity contribution in [3.63, 3.8) is 0 Å². The molecule has 1 fully saturated rings. The van der Waals surface area contributed by atoms with Crippen LogP contribution >= 0.6 is 11.8 Å². The van der Waals surface area contributed by atoms with Crippen molar-refractivity contribution in [2.75, 3.05) is 18.1 Å². The van der Waals surface area contributed by atoms with E-state index in [1.165, 1.54) is 0 Å². The summed E-state index contributed by atoms with van der Waals surface area (Å²) in [7, 11) is 0. The smallest absolute Gasteiger partial charge is 0.407 e. The molecule has 1 aliphatic rings. The molecule has 0 aliphatic carbocycles. The summed E-state index contributed by atoms with van der Waals surface area (Å²) in [5, 5.41) is 2.91. The van der Waals surface area contributed by atoms with Crippen LogP contribution in [-0.2, 0) is 4.74 Å². The van der Waals surface area contributed by atoms with Gasteiger partial charge in [0, 0.05) is 11.8 Å². The average Bonchev–Trinajstić information content (AvgIpc) is 2.15. The molecule has 0 bridgehead atoms. The zero-order chi connectivity index (χ0) is 12.2. The lowest BCUT2D eigenvalue weighted by Gasteiger charge is -2.31. The predicted octanol–water partition coefficient (Wildman–Crippen LogP) is 1.59. The van der Waals surface area contributed by atoms with Gasteiger partial charge in [-0.3, -0.25) is 0 Å². The van der Waals surface area contributed by atoms with Crippen LogP contribution in [0.2, 0.25) is 0 Å². The summed E-state index contributed by atoms with van der Waals surface area (Å²) in [5.41, 5.74) is 5.25. The van der Waals surface area contributed by atoms with E-state index >= 15 is 0 Å². The number of nitrogens with one attached hydrogen (secondary N) is 1. The second-order valence-corrected chi connectivity index (χ2v) is 6.26. The Hall–Kier alpha value is -0.420. The van der Waals surface area contributed by atoms with E-state index in [0.717, 1.165) is 17.9 Å². The normalized spacial score (nSPS) is 26.2. The molecule has 0 unspecified atom stereocenters. The number of amides is 1. The lowest BCUT2D eigenvalue weighted by atomic mass is 9.98. The van der Waals surface area contributed by atoms with Gasteiger partial charge in [0.15, 0.2) is 0 Å². The van der Waals surface area contributed by atoms with Gasteiger partial charge in [0.2, 0.25) is 0 Å². The number of ether oxygens (including phenoxy) is 1. The van der Waals surface area contributed by atoms with Gasteiger partial charge in [0.25, 0.3) is 0 Å². The quantitative estimate of drug-likeness (QED) is 0.776. The van der Waals surface area contributed by atoms with E-state index in [4.69, 9.17) is 10.5 Å². The van der Waals surface area contributed by atoms with E-state index in [1.807, 2.05) is 32.5 Å². The van der Waals surface area contributed by atoms with Crippen molar-refractivity contribution in [1.29, 1.82) is 0 Å². The van der Waals surface area contributed by atoms with Crippen molar-refractivity contribution in [1.82, 2.24) is 5.32 Å². The van der Waals surface area contributed by atoms with Gasteiger partial charge in [-0.25, -0.2) is 4.79 Å². The molecule has 0 aromatic rings. The first-order valence-corrected chi connectivity index (χ1v) is 6.85. The Bertz CT molecular complexity index is 241. The lowest BCUT2D eigenvalue weighted by molar-refractivity contribution is 0.0492. The second-order valence-electron chi connectivity index (χ2n) is 5.11. The molecule has 1 rings (SSSR count). The molecule has 4 nitrogen and oxygen atoms in total. The van der Waals surface area contributed by atoms with Gasteiger partial charge in [0.1, 0.15) is 5.60 Å². The van der Waals surface area contributed by atoms with Gasteiger partial charge in [-0.1, -0.05) is 0 Å². The molecule has 2 atom stereocenters. The van der Waals surface area contributed by atoms with Crippen molar-refractivity contribution in [3.05, 3.63) is 0 Å². The average molecular weight is 246 g/mol. The molecule has 1 heterocycles. The van der Waals surface area contributed by atoms with Gasteiger partial charge >= 0.3 is 6.09 Å². The largest absolute Gasteiger partial charge is 0.444 e. The number of alkyl carbamates (subject to hydrolysis) is 1. The van der Waals surface area contributed by atoms with Crippen molar-refractivity contribution in [2.24, 2.45) is 11.7 Å². The Balaban J connectivity index is 2.42. The van der Waals surface area contributed by atoms with E-state index in [1.54, 1.807) is 0 Å². The highest BCUT2D eigenvalue weighted by Gasteiger charge is 2.27. The van der Waals surface area contributed by atoms with Crippen LogP contribution in [0.1, 0.15) is 27.2 Å². The summed E-state index contributed by atoms with van der Waals surface area (Å²) < 4.78 is 5.23. The molecule has 0 radical (unpaired) electrons. The fourth-order valence-corrected chi connectivity index (χ4v) is 2.93. The second kappa shape index (κ2) is 5.77. The molecule has 0 spiro atoms. The highest BCUT2D eigenvalue weighted by molar-refractivity contribution is 7.99. The van der Waals surface area contributed by atoms with Crippen LogP contribution in [0.25, 0.3) is 0 Å². The maximum atomic E-state index is 11.6. The zero-order valence-electron chi connectivity index (χ0n) is 10.3. The van der Waals surface area contributed by atoms with Gasteiger partial charge in [-0.15, -0.1) is 0 Å². The first-order valence-electron chi connectivity index (χ1n) is 5.69. The van der Waals surface area contributed by atoms with Crippen LogP contribution in [0.5, 0.6) is 0 Å². The molecule has 1 aliphatic heterocycles. The Morgan fingerprint density at radius 3 is 2.81 bits per heavy atom. The number of hydrogen-bond donors (Lipinski definition) is 2. The van der Waals surface area contributed by atoms with Crippen molar-refractivity contribution < 1.29 is 9.53 Å². The van der Waals surface area contributed by atoms with Crippen LogP contribution in [-0.4, -0.2) is 35.8 Å². The summed E-state index contributed by atoms with van der Waals surface area (Å²) >= 11 is 1.86. The third-order valence-electron chi connectivity index (χ3n) is 2.50. The van der Waals surface area contributed by atoms with Crippen LogP contribution in [0.4, 0.5) is 4.79 Å². The van der Waals surface area contributed by atoms with E-state index in [-0.39, 0.29) is 12.1 Å². The molecule has 0 aromatic heterocycles. The molecule has 1 saturated heterocycles. The van der Waals surface area contributed by atoms with E-state index in [2.05, 4.69) is 5.32 Å². The SMILES string of the molecule is CC(C)(C)OC(=O)N[C@@H]1CSCC[C@H]1CN. The van der Waals surface area contributed by atoms with Gasteiger partial charge in [0.05, 0.1) is 0 Å². The summed E-state index contributed by atoms with van der Waals surface area (Å²) in [5.74, 6) is 2.45. The molecule has 0 saturated carbocycles. The minimum atomic E-state index is -0.440. The highest BCUT2D eigenvalue weighted by Crippen LogP contribution is 2.22. The Morgan fingerprint density at radius 2 is 2.25 bits per heavy atom. The van der Waals surface area contributed by atoms with Crippen LogP contribution in [0, 0.1) is 5.92 Å². The summed E-state index contributed by atoms with van der Waals surface area (Å²) in [4.78, 5) is 11.6. The topological polar surface area (TPSA) is 64.3 Å². The summed E-state index contributed by atoms with van der Waals surface area (Å²) in [6.07, 6.45) is 0.736. The highest BCUT2D eigenvalue weighted by atomic mass is 32.2. The first kappa shape index (κ1) is 13.6. The monoisotopic (exact) mass is 246 g/mol. The van der Waals surface area contributed by atoms with Gasteiger partial charge < -0.3 is 15.8 Å². The zero-order valence-corrected chi connectivity index (χ0v) is 11.1. The number of carbonyl (C=O) groups is 1. The summed E-state index contributed by atoms with van der Waals surface area (Å²) in [6.45, 7) is 6.22. The van der Waals surface area contributed by atoms with Gasteiger partial charge in [-0.2, -0.15) is 11.8 Å². The molecule has 3 N–H and O–H groups in total. The molecule has 1 amide bonds. The first-order chi connectivity index (χ1) is 7.42. The van der Waals surface area contributed by atoms with Gasteiger partial charge in [-0.05, 0) is 45.4 Å². The maximum absolute atomic E-state index is 11.6. The Morgan fingerprint density at radius 1 is 1.56 bits per heavy atom. The number of nitrogens with two attached hydrogens (primary N) is 1. The third-order valence-corrected chi connectivity index (χ3v) is 3.62. The van der Waals surface area contributed by atoms with Crippen LogP contribution < -0.4 is 11.1 Å². The number of thioether (sulfide) groups is 1. The van der Waals surface area contributed by atoms with Crippen LogP contribution in [0.3, 0.4) is 0 Å². The van der Waals surface area contributed by atoms with E-state index in [9.17, 15) is 4.79 Å². The molecular formula is C11H22N2O2S. The molecule has 0 aromatic carbocycles. The molecular weight excluding hydrogens is 224 g/mol. The van der Waals surface area contributed by atoms with E-state index in [0.29, 0.717) is 12.5 Å². The lowest BCUT2D eigenvalue weighted by Crippen LogP contribution is -2.48. The van der Waals surface area contributed by atoms with Crippen molar-refractivity contribution >= 4 is 17.9 Å². The minimum absolute atomic E-state index is 0.151. The standard InChI is InChI=1S/C11H22N2O2S/c1-11(2,3)15-10(14)13-9-7-16-5-4-8(9)6-12/h8-9H,4-7,12H2,1-3H3,(H,13,14)/t8-,9+/m0/s1. The summed E-state index contributed by atoms with van der Waals surface area (Å²) in [6, 6.07) is 0.151. The fraction of sp³-hybridized carbons (Fsp3) is 0.909. The molecule has 94 valence electrons.